The second-order valence-corrected chi connectivity index (χ2v) is 5.74. The van der Waals surface area contributed by atoms with Crippen LogP contribution in [-0.2, 0) is 9.59 Å². The Morgan fingerprint density at radius 3 is 2.00 bits per heavy atom. The predicted molar refractivity (Wildman–Crippen MR) is 65.7 cm³/mol. The van der Waals surface area contributed by atoms with Gasteiger partial charge in [0.25, 0.3) is 0 Å². The molecule has 20 heavy (non-hydrogen) atoms. The monoisotopic (exact) mass is 292 g/mol. The predicted octanol–water partition coefficient (Wildman–Crippen LogP) is 1.66. The van der Waals surface area contributed by atoms with Gasteiger partial charge >= 0.3 is 12.1 Å². The summed E-state index contributed by atoms with van der Waals surface area (Å²) < 4.78 is 36.9. The van der Waals surface area contributed by atoms with Crippen molar-refractivity contribution in [2.45, 2.75) is 32.4 Å². The fourth-order valence-electron chi connectivity index (χ4n) is 2.90. The number of carbonyl (C=O) groups excluding carboxylic acids is 2. The molecule has 0 aromatic heterocycles. The minimum atomic E-state index is -4.82. The summed E-state index contributed by atoms with van der Waals surface area (Å²) in [5.41, 5.74) is 0. The molecular formula is C13H19F3N2O2. The summed E-state index contributed by atoms with van der Waals surface area (Å²) in [5.74, 6) is -1.50. The van der Waals surface area contributed by atoms with E-state index in [1.807, 2.05) is 0 Å². The molecule has 114 valence electrons. The first-order valence-corrected chi connectivity index (χ1v) is 6.94. The quantitative estimate of drug-likeness (QED) is 0.737. The average Bonchev–Trinajstić information content (AvgIpc) is 2.83. The number of amides is 2. The smallest absolute Gasteiger partial charge is 0.342 e. The molecule has 0 saturated carbocycles. The summed E-state index contributed by atoms with van der Waals surface area (Å²) in [6, 6.07) is 0. The van der Waals surface area contributed by atoms with E-state index in [0.29, 0.717) is 18.8 Å². The molecule has 2 aliphatic rings. The standard InChI is InChI=1S/C13H19F3N2O2/c1-9-2-5-18(8-9)11(19)10-3-6-17(7-4-10)12(20)13(14,15)16/h9-10H,2-8H2,1H3. The largest absolute Gasteiger partial charge is 0.471 e. The van der Waals surface area contributed by atoms with Crippen molar-refractivity contribution >= 4 is 11.8 Å². The van der Waals surface area contributed by atoms with Crippen LogP contribution in [0.4, 0.5) is 13.2 Å². The van der Waals surface area contributed by atoms with Crippen molar-refractivity contribution in [2.24, 2.45) is 11.8 Å². The maximum absolute atomic E-state index is 12.3. The topological polar surface area (TPSA) is 40.6 Å². The summed E-state index contributed by atoms with van der Waals surface area (Å²) in [4.78, 5) is 25.9. The Bertz CT molecular complexity index is 390. The first-order valence-electron chi connectivity index (χ1n) is 6.94. The van der Waals surface area contributed by atoms with Crippen LogP contribution in [0.2, 0.25) is 0 Å². The van der Waals surface area contributed by atoms with E-state index in [4.69, 9.17) is 0 Å². The van der Waals surface area contributed by atoms with Gasteiger partial charge in [0.05, 0.1) is 0 Å². The van der Waals surface area contributed by atoms with Crippen LogP contribution in [0.1, 0.15) is 26.2 Å². The van der Waals surface area contributed by atoms with Gasteiger partial charge in [-0.25, -0.2) is 0 Å². The summed E-state index contributed by atoms with van der Waals surface area (Å²) in [7, 11) is 0. The summed E-state index contributed by atoms with van der Waals surface area (Å²) >= 11 is 0. The zero-order valence-corrected chi connectivity index (χ0v) is 11.4. The molecule has 1 atom stereocenters. The zero-order valence-electron chi connectivity index (χ0n) is 11.4. The van der Waals surface area contributed by atoms with Gasteiger partial charge in [0.1, 0.15) is 0 Å². The van der Waals surface area contributed by atoms with Crippen LogP contribution < -0.4 is 0 Å². The van der Waals surface area contributed by atoms with Crippen LogP contribution in [0.25, 0.3) is 0 Å². The lowest BCUT2D eigenvalue weighted by Crippen LogP contribution is -2.48. The Kier molecular flexibility index (Phi) is 4.25. The Hall–Kier alpha value is -1.27. The van der Waals surface area contributed by atoms with Gasteiger partial charge in [-0.15, -0.1) is 0 Å². The van der Waals surface area contributed by atoms with Crippen molar-refractivity contribution in [3.8, 4) is 0 Å². The zero-order chi connectivity index (χ0) is 14.9. The van der Waals surface area contributed by atoms with Crippen molar-refractivity contribution in [3.05, 3.63) is 0 Å². The molecule has 0 aromatic carbocycles. The minimum Gasteiger partial charge on any atom is -0.342 e. The molecule has 2 fully saturated rings. The van der Waals surface area contributed by atoms with Crippen LogP contribution in [-0.4, -0.2) is 54.0 Å². The number of hydrogen-bond acceptors (Lipinski definition) is 2. The molecular weight excluding hydrogens is 273 g/mol. The third-order valence-corrected chi connectivity index (χ3v) is 4.11. The molecule has 7 heteroatoms. The van der Waals surface area contributed by atoms with E-state index in [1.54, 1.807) is 4.90 Å². The van der Waals surface area contributed by atoms with E-state index in [-0.39, 0.29) is 24.9 Å². The Balaban J connectivity index is 1.85. The van der Waals surface area contributed by atoms with E-state index in [9.17, 15) is 22.8 Å². The van der Waals surface area contributed by atoms with Gasteiger partial charge in [-0.2, -0.15) is 13.2 Å². The third-order valence-electron chi connectivity index (χ3n) is 4.11. The van der Waals surface area contributed by atoms with Crippen LogP contribution in [0.5, 0.6) is 0 Å². The summed E-state index contributed by atoms with van der Waals surface area (Å²) in [5, 5.41) is 0. The number of alkyl halides is 3. The molecule has 1 unspecified atom stereocenters. The second-order valence-electron chi connectivity index (χ2n) is 5.74. The van der Waals surface area contributed by atoms with Crippen molar-refractivity contribution in [1.82, 2.24) is 9.80 Å². The fraction of sp³-hybridized carbons (Fsp3) is 0.846. The first kappa shape index (κ1) is 15.1. The highest BCUT2D eigenvalue weighted by atomic mass is 19.4. The normalized spacial score (nSPS) is 25.1. The highest BCUT2D eigenvalue weighted by molar-refractivity contribution is 5.83. The molecule has 2 amide bonds. The second kappa shape index (κ2) is 5.61. The van der Waals surface area contributed by atoms with Crippen molar-refractivity contribution < 1.29 is 22.8 Å². The van der Waals surface area contributed by atoms with Crippen LogP contribution in [0, 0.1) is 11.8 Å². The van der Waals surface area contributed by atoms with E-state index in [1.165, 1.54) is 0 Å². The number of nitrogens with zero attached hydrogens (tertiary/aromatic N) is 2. The first-order chi connectivity index (χ1) is 9.29. The minimum absolute atomic E-state index is 0.0120. The van der Waals surface area contributed by atoms with Crippen molar-refractivity contribution in [2.75, 3.05) is 26.2 Å². The van der Waals surface area contributed by atoms with Crippen LogP contribution >= 0.6 is 0 Å². The maximum atomic E-state index is 12.3. The molecule has 0 aromatic rings. The molecule has 2 heterocycles. The van der Waals surface area contributed by atoms with Gasteiger partial charge in [-0.05, 0) is 25.2 Å². The number of carbonyl (C=O) groups is 2. The lowest BCUT2D eigenvalue weighted by atomic mass is 9.95. The molecule has 2 rings (SSSR count). The number of halogens is 3. The highest BCUT2D eigenvalue weighted by Gasteiger charge is 2.44. The molecule has 0 N–H and O–H groups in total. The van der Waals surface area contributed by atoms with Crippen LogP contribution in [0.3, 0.4) is 0 Å². The molecule has 0 spiro atoms. The molecule has 0 radical (unpaired) electrons. The summed E-state index contributed by atoms with van der Waals surface area (Å²) in [6.45, 7) is 3.58. The molecule has 0 aliphatic carbocycles. The van der Waals surface area contributed by atoms with E-state index in [2.05, 4.69) is 6.92 Å². The van der Waals surface area contributed by atoms with Crippen molar-refractivity contribution in [3.63, 3.8) is 0 Å². The number of rotatable bonds is 1. The highest BCUT2D eigenvalue weighted by Crippen LogP contribution is 2.26. The molecule has 0 bridgehead atoms. The number of hydrogen-bond donors (Lipinski definition) is 0. The Morgan fingerprint density at radius 2 is 1.55 bits per heavy atom. The van der Waals surface area contributed by atoms with E-state index >= 15 is 0 Å². The maximum Gasteiger partial charge on any atom is 0.471 e. The SMILES string of the molecule is CC1CCN(C(=O)C2CCN(C(=O)C(F)(F)F)CC2)C1. The van der Waals surface area contributed by atoms with Crippen LogP contribution in [0.15, 0.2) is 0 Å². The van der Waals surface area contributed by atoms with Gasteiger partial charge in [0.15, 0.2) is 0 Å². The van der Waals surface area contributed by atoms with Gasteiger partial charge in [0, 0.05) is 32.1 Å². The Morgan fingerprint density at radius 1 is 1.00 bits per heavy atom. The van der Waals surface area contributed by atoms with Gasteiger partial charge in [0.2, 0.25) is 5.91 Å². The Labute approximate surface area is 115 Å². The van der Waals surface area contributed by atoms with Gasteiger partial charge in [-0.1, -0.05) is 6.92 Å². The van der Waals surface area contributed by atoms with E-state index in [0.717, 1.165) is 24.4 Å². The van der Waals surface area contributed by atoms with Gasteiger partial charge in [-0.3, -0.25) is 9.59 Å². The number of piperidine rings is 1. The molecule has 2 saturated heterocycles. The lowest BCUT2D eigenvalue weighted by molar-refractivity contribution is -0.187. The molecule has 2 aliphatic heterocycles. The third kappa shape index (κ3) is 3.24. The van der Waals surface area contributed by atoms with E-state index < -0.39 is 12.1 Å². The lowest BCUT2D eigenvalue weighted by Gasteiger charge is -2.33. The van der Waals surface area contributed by atoms with Crippen molar-refractivity contribution in [1.29, 1.82) is 0 Å². The van der Waals surface area contributed by atoms with Gasteiger partial charge < -0.3 is 9.80 Å². The molecule has 4 nitrogen and oxygen atoms in total. The number of likely N-dealkylation sites (tertiary alicyclic amines) is 2. The summed E-state index contributed by atoms with van der Waals surface area (Å²) in [6.07, 6.45) is -3.19. The fourth-order valence-corrected chi connectivity index (χ4v) is 2.90. The average molecular weight is 292 g/mol.